The van der Waals surface area contributed by atoms with Gasteiger partial charge in [0.25, 0.3) is 0 Å². The molecule has 2 heterocycles. The number of aryl methyl sites for hydroxylation is 1. The van der Waals surface area contributed by atoms with Gasteiger partial charge in [0.2, 0.25) is 6.79 Å². The molecule has 0 saturated heterocycles. The minimum atomic E-state index is -0.0200. The van der Waals surface area contributed by atoms with E-state index in [0.717, 1.165) is 28.3 Å². The molecule has 0 amide bonds. The van der Waals surface area contributed by atoms with E-state index < -0.39 is 0 Å². The molecule has 3 aromatic rings. The van der Waals surface area contributed by atoms with Gasteiger partial charge >= 0.3 is 0 Å². The summed E-state index contributed by atoms with van der Waals surface area (Å²) in [5.41, 5.74) is 2.52. The van der Waals surface area contributed by atoms with Crippen molar-refractivity contribution in [3.05, 3.63) is 52.7 Å². The summed E-state index contributed by atoms with van der Waals surface area (Å²) in [6, 6.07) is 12.8. The summed E-state index contributed by atoms with van der Waals surface area (Å²) in [5, 5.41) is 0.665. The zero-order chi connectivity index (χ0) is 16.0. The highest BCUT2D eigenvalue weighted by molar-refractivity contribution is 5.84. The van der Waals surface area contributed by atoms with E-state index in [1.165, 1.54) is 0 Å². The molecule has 116 valence electrons. The maximum Gasteiger partial charge on any atom is 0.231 e. The Bertz CT molecular complexity index is 975. The number of nitrogens with zero attached hydrogens (tertiary/aromatic N) is 1. The highest BCUT2D eigenvalue weighted by Gasteiger charge is 2.16. The van der Waals surface area contributed by atoms with Crippen LogP contribution in [0.5, 0.6) is 17.2 Å². The van der Waals surface area contributed by atoms with Gasteiger partial charge in [-0.15, -0.1) is 0 Å². The van der Waals surface area contributed by atoms with Crippen LogP contribution in [0, 0.1) is 0 Å². The van der Waals surface area contributed by atoms with Crippen molar-refractivity contribution in [3.8, 4) is 28.5 Å². The molecular weight excluding hydrogens is 294 g/mol. The number of benzene rings is 2. The summed E-state index contributed by atoms with van der Waals surface area (Å²) in [7, 11) is 3.54. The van der Waals surface area contributed by atoms with Crippen LogP contribution < -0.4 is 19.6 Å². The molecule has 0 bridgehead atoms. The highest BCUT2D eigenvalue weighted by atomic mass is 16.7. The molecule has 0 N–H and O–H groups in total. The van der Waals surface area contributed by atoms with Crippen LogP contribution in [0.4, 0.5) is 0 Å². The summed E-state index contributed by atoms with van der Waals surface area (Å²) < 4.78 is 18.0. The van der Waals surface area contributed by atoms with Gasteiger partial charge in [-0.3, -0.25) is 4.79 Å². The topological polar surface area (TPSA) is 49.7 Å². The van der Waals surface area contributed by atoms with Crippen molar-refractivity contribution in [1.29, 1.82) is 0 Å². The van der Waals surface area contributed by atoms with E-state index in [2.05, 4.69) is 0 Å². The van der Waals surface area contributed by atoms with Crippen LogP contribution in [0.15, 0.2) is 47.3 Å². The summed E-state index contributed by atoms with van der Waals surface area (Å²) in [4.78, 5) is 12.4. The van der Waals surface area contributed by atoms with E-state index in [0.29, 0.717) is 11.1 Å². The summed E-state index contributed by atoms with van der Waals surface area (Å²) in [6.07, 6.45) is 0. The predicted molar refractivity (Wildman–Crippen MR) is 87.3 cm³/mol. The summed E-state index contributed by atoms with van der Waals surface area (Å²) in [5.74, 6) is 2.14. The molecule has 1 aromatic heterocycles. The molecule has 0 aliphatic carbocycles. The predicted octanol–water partition coefficient (Wildman–Crippen LogP) is 2.94. The van der Waals surface area contributed by atoms with Crippen molar-refractivity contribution < 1.29 is 14.2 Å². The zero-order valence-electron chi connectivity index (χ0n) is 12.8. The molecule has 4 rings (SSSR count). The lowest BCUT2D eigenvalue weighted by atomic mass is 10.1. The molecule has 1 aliphatic rings. The molecule has 0 spiro atoms. The fourth-order valence-corrected chi connectivity index (χ4v) is 2.89. The minimum Gasteiger partial charge on any atom is -0.497 e. The first kappa shape index (κ1) is 13.7. The first-order valence-corrected chi connectivity index (χ1v) is 7.25. The second kappa shape index (κ2) is 5.05. The van der Waals surface area contributed by atoms with E-state index in [1.807, 2.05) is 35.9 Å². The summed E-state index contributed by atoms with van der Waals surface area (Å²) >= 11 is 0. The van der Waals surface area contributed by atoms with Gasteiger partial charge in [0.15, 0.2) is 16.9 Å². The Kier molecular flexibility index (Phi) is 3.01. The Labute approximate surface area is 132 Å². The van der Waals surface area contributed by atoms with Gasteiger partial charge in [0.05, 0.1) is 18.3 Å². The van der Waals surface area contributed by atoms with Gasteiger partial charge in [-0.2, -0.15) is 0 Å². The standard InChI is InChI=1S/C18H15NO4/c1-19-14(11-3-6-17-18(7-11)23-10-22-17)9-16(20)13-5-4-12(21-2)8-15(13)19/h3-9H,10H2,1-2H3. The van der Waals surface area contributed by atoms with Crippen LogP contribution in [0.2, 0.25) is 0 Å². The first-order chi connectivity index (χ1) is 11.2. The molecular formula is C18H15NO4. The van der Waals surface area contributed by atoms with Crippen LogP contribution in [-0.4, -0.2) is 18.5 Å². The zero-order valence-corrected chi connectivity index (χ0v) is 12.8. The maximum atomic E-state index is 12.4. The Morgan fingerprint density at radius 3 is 2.70 bits per heavy atom. The molecule has 0 unspecified atom stereocenters. The van der Waals surface area contributed by atoms with Gasteiger partial charge < -0.3 is 18.8 Å². The summed E-state index contributed by atoms with van der Waals surface area (Å²) in [6.45, 7) is 0.229. The third kappa shape index (κ3) is 2.12. The molecule has 0 radical (unpaired) electrons. The van der Waals surface area contributed by atoms with Crippen molar-refractivity contribution in [3.63, 3.8) is 0 Å². The lowest BCUT2D eigenvalue weighted by Gasteiger charge is -2.13. The monoisotopic (exact) mass is 309 g/mol. The number of methoxy groups -OCH3 is 1. The largest absolute Gasteiger partial charge is 0.497 e. The lowest BCUT2D eigenvalue weighted by molar-refractivity contribution is 0.174. The van der Waals surface area contributed by atoms with Gasteiger partial charge in [-0.05, 0) is 30.3 Å². The third-order valence-electron chi connectivity index (χ3n) is 4.13. The molecule has 5 heteroatoms. The van der Waals surface area contributed by atoms with Crippen LogP contribution >= 0.6 is 0 Å². The van der Waals surface area contributed by atoms with Crippen molar-refractivity contribution in [2.75, 3.05) is 13.9 Å². The van der Waals surface area contributed by atoms with Gasteiger partial charge in [0, 0.05) is 30.1 Å². The second-order valence-electron chi connectivity index (χ2n) is 5.40. The number of hydrogen-bond donors (Lipinski definition) is 0. The molecule has 0 saturated carbocycles. The van der Waals surface area contributed by atoms with Crippen LogP contribution in [-0.2, 0) is 7.05 Å². The number of rotatable bonds is 2. The number of pyridine rings is 1. The average Bonchev–Trinajstić information content (AvgIpc) is 3.05. The Morgan fingerprint density at radius 2 is 1.87 bits per heavy atom. The number of hydrogen-bond acceptors (Lipinski definition) is 4. The van der Waals surface area contributed by atoms with E-state index in [9.17, 15) is 4.79 Å². The highest BCUT2D eigenvalue weighted by Crippen LogP contribution is 2.36. The Hall–Kier alpha value is -2.95. The fraction of sp³-hybridized carbons (Fsp3) is 0.167. The van der Waals surface area contributed by atoms with Crippen molar-refractivity contribution in [1.82, 2.24) is 4.57 Å². The Balaban J connectivity index is 1.97. The van der Waals surface area contributed by atoms with Crippen LogP contribution in [0.1, 0.15) is 0 Å². The first-order valence-electron chi connectivity index (χ1n) is 7.25. The van der Waals surface area contributed by atoms with E-state index >= 15 is 0 Å². The minimum absolute atomic E-state index is 0.0200. The van der Waals surface area contributed by atoms with Crippen LogP contribution in [0.3, 0.4) is 0 Å². The second-order valence-corrected chi connectivity index (χ2v) is 5.40. The lowest BCUT2D eigenvalue weighted by Crippen LogP contribution is -2.09. The van der Waals surface area contributed by atoms with Gasteiger partial charge in [0.1, 0.15) is 5.75 Å². The molecule has 23 heavy (non-hydrogen) atoms. The molecule has 2 aromatic carbocycles. The van der Waals surface area contributed by atoms with E-state index in [-0.39, 0.29) is 12.2 Å². The molecule has 1 aliphatic heterocycles. The molecule has 5 nitrogen and oxygen atoms in total. The Morgan fingerprint density at radius 1 is 1.04 bits per heavy atom. The third-order valence-corrected chi connectivity index (χ3v) is 4.13. The number of ether oxygens (including phenoxy) is 3. The van der Waals surface area contributed by atoms with Crippen molar-refractivity contribution in [2.24, 2.45) is 7.05 Å². The fourth-order valence-electron chi connectivity index (χ4n) is 2.89. The van der Waals surface area contributed by atoms with Crippen molar-refractivity contribution in [2.45, 2.75) is 0 Å². The van der Waals surface area contributed by atoms with Crippen molar-refractivity contribution >= 4 is 10.9 Å². The van der Waals surface area contributed by atoms with Crippen LogP contribution in [0.25, 0.3) is 22.2 Å². The number of fused-ring (bicyclic) bond motifs is 2. The normalized spacial score (nSPS) is 12.6. The quantitative estimate of drug-likeness (QED) is 0.730. The van der Waals surface area contributed by atoms with Gasteiger partial charge in [-0.25, -0.2) is 0 Å². The SMILES string of the molecule is COc1ccc2c(=O)cc(-c3ccc4c(c3)OCO4)n(C)c2c1. The number of aromatic nitrogens is 1. The smallest absolute Gasteiger partial charge is 0.231 e. The van der Waals surface area contributed by atoms with E-state index in [4.69, 9.17) is 14.2 Å². The van der Waals surface area contributed by atoms with E-state index in [1.54, 1.807) is 25.3 Å². The molecule has 0 atom stereocenters. The average molecular weight is 309 g/mol. The maximum absolute atomic E-state index is 12.4. The van der Waals surface area contributed by atoms with Gasteiger partial charge in [-0.1, -0.05) is 0 Å². The molecule has 0 fully saturated rings.